The molecule has 1 N–H and O–H groups in total. The molecule has 1 atom stereocenters. The molecule has 0 radical (unpaired) electrons. The summed E-state index contributed by atoms with van der Waals surface area (Å²) in [5.41, 5.74) is 2.65. The van der Waals surface area contributed by atoms with Gasteiger partial charge in [-0.05, 0) is 18.6 Å². The Morgan fingerprint density at radius 2 is 2.38 bits per heavy atom. The van der Waals surface area contributed by atoms with Gasteiger partial charge in [0, 0.05) is 16.9 Å². The van der Waals surface area contributed by atoms with Crippen LogP contribution in [0.2, 0.25) is 0 Å². The number of carboxylic acids is 1. The Morgan fingerprint density at radius 1 is 1.52 bits per heavy atom. The molecule has 4 heterocycles. The molecule has 1 aromatic rings. The first-order valence-corrected chi connectivity index (χ1v) is 8.53. The van der Waals surface area contributed by atoms with Crippen LogP contribution in [0.15, 0.2) is 22.7 Å². The van der Waals surface area contributed by atoms with Crippen molar-refractivity contribution in [2.24, 2.45) is 0 Å². The maximum atomic E-state index is 12.1. The monoisotopic (exact) mass is 321 g/mol. The summed E-state index contributed by atoms with van der Waals surface area (Å²) >= 11 is 3.19. The van der Waals surface area contributed by atoms with Gasteiger partial charge in [-0.25, -0.2) is 4.79 Å². The third kappa shape index (κ3) is 1.93. The summed E-state index contributed by atoms with van der Waals surface area (Å²) in [4.78, 5) is 24.5. The minimum absolute atomic E-state index is 0.0627. The first-order valence-electron chi connectivity index (χ1n) is 6.44. The van der Waals surface area contributed by atoms with E-state index in [1.54, 1.807) is 6.08 Å². The molecule has 6 nitrogen and oxygen atoms in total. The second kappa shape index (κ2) is 4.67. The Balaban J connectivity index is 1.60. The maximum Gasteiger partial charge on any atom is 0.353 e. The molecule has 0 aromatic carbocycles. The normalized spacial score (nSPS) is 25.4. The minimum atomic E-state index is -1.06. The molecule has 0 bridgehead atoms. The van der Waals surface area contributed by atoms with Crippen molar-refractivity contribution in [2.75, 3.05) is 5.75 Å². The van der Waals surface area contributed by atoms with Crippen LogP contribution in [-0.4, -0.2) is 42.8 Å². The maximum absolute atomic E-state index is 12.1. The molecular weight excluding hydrogens is 310 g/mol. The average molecular weight is 321 g/mol. The number of fused-ring (bicyclic) bond motifs is 2. The molecule has 108 valence electrons. The standard InChI is InChI=1S/C13H11N3O3S2/c17-11-9(12-16(11)10(5-21-12)13(18)19)4-7-3-8-1-2-20-6-15(8)14-7/h3-5,12H,1-2,6H2,(H,18,19)/b9-4-/t12-/m1/s1. The van der Waals surface area contributed by atoms with E-state index in [4.69, 9.17) is 5.11 Å². The largest absolute Gasteiger partial charge is 0.477 e. The predicted molar refractivity (Wildman–Crippen MR) is 80.3 cm³/mol. The molecule has 0 spiro atoms. The van der Waals surface area contributed by atoms with Crippen LogP contribution in [0.3, 0.4) is 0 Å². The van der Waals surface area contributed by atoms with E-state index >= 15 is 0 Å². The van der Waals surface area contributed by atoms with Crippen molar-refractivity contribution in [3.05, 3.63) is 34.1 Å². The third-order valence-electron chi connectivity index (χ3n) is 3.66. The number of carboxylic acid groups (broad SMARTS) is 1. The summed E-state index contributed by atoms with van der Waals surface area (Å²) in [6.45, 7) is 0. The zero-order valence-electron chi connectivity index (χ0n) is 10.9. The summed E-state index contributed by atoms with van der Waals surface area (Å²) in [7, 11) is 0. The van der Waals surface area contributed by atoms with Crippen LogP contribution in [0.5, 0.6) is 0 Å². The van der Waals surface area contributed by atoms with E-state index in [0.29, 0.717) is 5.57 Å². The van der Waals surface area contributed by atoms with E-state index in [-0.39, 0.29) is 17.0 Å². The van der Waals surface area contributed by atoms with Gasteiger partial charge < -0.3 is 5.11 Å². The first-order chi connectivity index (χ1) is 10.1. The topological polar surface area (TPSA) is 75.4 Å². The molecule has 1 amide bonds. The Morgan fingerprint density at radius 3 is 3.14 bits per heavy atom. The molecule has 1 fully saturated rings. The molecule has 4 rings (SSSR count). The van der Waals surface area contributed by atoms with Crippen molar-refractivity contribution in [1.29, 1.82) is 0 Å². The van der Waals surface area contributed by atoms with E-state index in [1.165, 1.54) is 27.8 Å². The Kier molecular flexibility index (Phi) is 2.90. The average Bonchev–Trinajstić information content (AvgIpc) is 3.05. The highest BCUT2D eigenvalue weighted by Gasteiger charge is 2.49. The van der Waals surface area contributed by atoms with Gasteiger partial charge in [0.05, 0.1) is 17.1 Å². The van der Waals surface area contributed by atoms with Crippen LogP contribution in [0.1, 0.15) is 11.4 Å². The van der Waals surface area contributed by atoms with Crippen molar-refractivity contribution < 1.29 is 14.7 Å². The smallest absolute Gasteiger partial charge is 0.353 e. The SMILES string of the molecule is O=C(O)C1=CS[C@@H]2/C(=C\c3cc4n(n3)CSCC4)C(=O)N12. The van der Waals surface area contributed by atoms with Gasteiger partial charge in [0.15, 0.2) is 0 Å². The number of amides is 1. The Hall–Kier alpha value is -1.67. The molecule has 1 aromatic heterocycles. The lowest BCUT2D eigenvalue weighted by Gasteiger charge is -2.36. The summed E-state index contributed by atoms with van der Waals surface area (Å²) in [6.07, 6.45) is 2.77. The summed E-state index contributed by atoms with van der Waals surface area (Å²) in [6, 6.07) is 2.01. The fraction of sp³-hybridized carbons (Fsp3) is 0.308. The number of carbonyl (C=O) groups is 2. The van der Waals surface area contributed by atoms with Gasteiger partial charge in [0.25, 0.3) is 5.91 Å². The van der Waals surface area contributed by atoms with E-state index < -0.39 is 5.97 Å². The van der Waals surface area contributed by atoms with E-state index in [1.807, 2.05) is 22.5 Å². The van der Waals surface area contributed by atoms with Crippen LogP contribution in [0, 0.1) is 0 Å². The van der Waals surface area contributed by atoms with E-state index in [0.717, 1.165) is 23.7 Å². The van der Waals surface area contributed by atoms with Crippen LogP contribution in [0.4, 0.5) is 0 Å². The third-order valence-corrected chi connectivity index (χ3v) is 5.66. The Labute approximate surface area is 128 Å². The molecule has 3 aliphatic heterocycles. The summed E-state index contributed by atoms with van der Waals surface area (Å²) in [5, 5.41) is 14.8. The van der Waals surface area contributed by atoms with Gasteiger partial charge in [0.2, 0.25) is 0 Å². The zero-order valence-corrected chi connectivity index (χ0v) is 12.5. The number of β-lactam (4-membered cyclic amide) rings is 1. The number of hydrogen-bond donors (Lipinski definition) is 1. The molecular formula is C13H11N3O3S2. The fourth-order valence-electron chi connectivity index (χ4n) is 2.61. The molecule has 21 heavy (non-hydrogen) atoms. The number of aromatic nitrogens is 2. The van der Waals surface area contributed by atoms with Gasteiger partial charge in [0.1, 0.15) is 11.1 Å². The first kappa shape index (κ1) is 13.0. The van der Waals surface area contributed by atoms with Crippen molar-refractivity contribution in [1.82, 2.24) is 14.7 Å². The van der Waals surface area contributed by atoms with E-state index in [2.05, 4.69) is 5.10 Å². The van der Waals surface area contributed by atoms with Gasteiger partial charge in [-0.1, -0.05) is 0 Å². The van der Waals surface area contributed by atoms with Crippen molar-refractivity contribution >= 4 is 41.5 Å². The second-order valence-corrected chi connectivity index (χ2v) is 6.95. The predicted octanol–water partition coefficient (Wildman–Crippen LogP) is 1.35. The van der Waals surface area contributed by atoms with Crippen LogP contribution in [0.25, 0.3) is 6.08 Å². The fourth-order valence-corrected chi connectivity index (χ4v) is 4.61. The Bertz CT molecular complexity index is 699. The molecule has 8 heteroatoms. The van der Waals surface area contributed by atoms with Crippen molar-refractivity contribution in [3.8, 4) is 0 Å². The highest BCUT2D eigenvalue weighted by Crippen LogP contribution is 2.45. The number of hydrogen-bond acceptors (Lipinski definition) is 5. The quantitative estimate of drug-likeness (QED) is 0.655. The lowest BCUT2D eigenvalue weighted by Crippen LogP contribution is -2.51. The van der Waals surface area contributed by atoms with E-state index in [9.17, 15) is 9.59 Å². The molecule has 3 aliphatic rings. The highest BCUT2D eigenvalue weighted by atomic mass is 32.2. The molecule has 1 saturated heterocycles. The van der Waals surface area contributed by atoms with Gasteiger partial charge in [-0.15, -0.1) is 23.5 Å². The second-order valence-electron chi connectivity index (χ2n) is 4.92. The molecule has 0 aliphatic carbocycles. The van der Waals surface area contributed by atoms with Crippen LogP contribution < -0.4 is 0 Å². The number of thioether (sulfide) groups is 2. The number of rotatable bonds is 2. The molecule has 0 unspecified atom stereocenters. The number of carbonyl (C=O) groups excluding carboxylic acids is 1. The summed E-state index contributed by atoms with van der Waals surface area (Å²) in [5.74, 6) is 0.645. The van der Waals surface area contributed by atoms with Crippen molar-refractivity contribution in [3.63, 3.8) is 0 Å². The highest BCUT2D eigenvalue weighted by molar-refractivity contribution is 8.03. The number of aryl methyl sites for hydroxylation is 1. The minimum Gasteiger partial charge on any atom is -0.477 e. The van der Waals surface area contributed by atoms with Gasteiger partial charge in [-0.3, -0.25) is 14.4 Å². The number of nitrogens with zero attached hydrogens (tertiary/aromatic N) is 3. The molecule has 0 saturated carbocycles. The zero-order chi connectivity index (χ0) is 14.6. The lowest BCUT2D eigenvalue weighted by molar-refractivity contribution is -0.141. The van der Waals surface area contributed by atoms with Gasteiger partial charge in [-0.2, -0.15) is 5.10 Å². The van der Waals surface area contributed by atoms with Crippen LogP contribution in [-0.2, 0) is 21.9 Å². The van der Waals surface area contributed by atoms with Crippen molar-refractivity contribution in [2.45, 2.75) is 17.7 Å². The lowest BCUT2D eigenvalue weighted by atomic mass is 10.0. The summed E-state index contributed by atoms with van der Waals surface area (Å²) < 4.78 is 1.96. The van der Waals surface area contributed by atoms with Gasteiger partial charge >= 0.3 is 5.97 Å². The number of aliphatic carboxylic acids is 1. The van der Waals surface area contributed by atoms with Crippen LogP contribution >= 0.6 is 23.5 Å².